The Balaban J connectivity index is 1.79. The molecule has 0 unspecified atom stereocenters. The summed E-state index contributed by atoms with van der Waals surface area (Å²) in [6.07, 6.45) is -0.687. The molecule has 0 saturated heterocycles. The number of aliphatic hydroxyl groups is 1. The van der Waals surface area contributed by atoms with Crippen LogP contribution in [0.5, 0.6) is 5.75 Å². The molecule has 1 heterocycles. The Morgan fingerprint density at radius 1 is 1.26 bits per heavy atom. The van der Waals surface area contributed by atoms with Crippen molar-refractivity contribution in [3.05, 3.63) is 52.2 Å². The van der Waals surface area contributed by atoms with Gasteiger partial charge in [0.2, 0.25) is 0 Å². The quantitative estimate of drug-likeness (QED) is 0.728. The van der Waals surface area contributed by atoms with Gasteiger partial charge in [-0.3, -0.25) is 0 Å². The molecule has 2 aromatic rings. The lowest BCUT2D eigenvalue weighted by Crippen LogP contribution is -2.39. The van der Waals surface area contributed by atoms with Crippen molar-refractivity contribution in [2.45, 2.75) is 26.0 Å². The van der Waals surface area contributed by atoms with Gasteiger partial charge >= 0.3 is 6.03 Å². The maximum Gasteiger partial charge on any atom is 0.315 e. The summed E-state index contributed by atoms with van der Waals surface area (Å²) >= 11 is 1.52. The van der Waals surface area contributed by atoms with E-state index in [0.29, 0.717) is 6.61 Å². The predicted octanol–water partition coefficient (Wildman–Crippen LogP) is 3.24. The second-order valence-corrected chi connectivity index (χ2v) is 5.93. The molecule has 3 N–H and O–H groups in total. The van der Waals surface area contributed by atoms with Crippen molar-refractivity contribution >= 4 is 17.4 Å². The maximum absolute atomic E-state index is 11.9. The van der Waals surface area contributed by atoms with E-state index in [1.54, 1.807) is 0 Å². The molecule has 0 spiro atoms. The highest BCUT2D eigenvalue weighted by atomic mass is 32.1. The van der Waals surface area contributed by atoms with E-state index in [4.69, 9.17) is 4.74 Å². The molecule has 0 radical (unpaired) electrons. The number of rotatable bonds is 7. The van der Waals surface area contributed by atoms with Crippen LogP contribution in [0.15, 0.2) is 41.1 Å². The molecule has 2 amide bonds. The van der Waals surface area contributed by atoms with Gasteiger partial charge in [-0.25, -0.2) is 4.79 Å². The molecule has 0 aliphatic rings. The first-order valence-corrected chi connectivity index (χ1v) is 8.51. The van der Waals surface area contributed by atoms with Crippen LogP contribution in [-0.2, 0) is 0 Å². The van der Waals surface area contributed by atoms with Gasteiger partial charge in [-0.2, -0.15) is 11.3 Å². The molecule has 124 valence electrons. The van der Waals surface area contributed by atoms with Crippen molar-refractivity contribution < 1.29 is 14.6 Å². The lowest BCUT2D eigenvalue weighted by Gasteiger charge is -2.17. The first-order valence-electron chi connectivity index (χ1n) is 7.57. The fraction of sp³-hybridized carbons (Fsp3) is 0.353. The van der Waals surface area contributed by atoms with Crippen LogP contribution in [0.2, 0.25) is 0 Å². The van der Waals surface area contributed by atoms with Gasteiger partial charge in [0, 0.05) is 6.54 Å². The van der Waals surface area contributed by atoms with Crippen molar-refractivity contribution in [1.82, 2.24) is 10.6 Å². The summed E-state index contributed by atoms with van der Waals surface area (Å²) in [7, 11) is 0. The lowest BCUT2D eigenvalue weighted by molar-refractivity contribution is 0.173. The smallest absolute Gasteiger partial charge is 0.315 e. The van der Waals surface area contributed by atoms with Crippen LogP contribution >= 0.6 is 11.3 Å². The number of hydrogen-bond acceptors (Lipinski definition) is 4. The van der Waals surface area contributed by atoms with Crippen LogP contribution < -0.4 is 15.4 Å². The molecule has 0 fully saturated rings. The number of nitrogens with one attached hydrogen (secondary N) is 2. The highest BCUT2D eigenvalue weighted by Crippen LogP contribution is 2.18. The molecule has 2 rings (SSSR count). The minimum absolute atomic E-state index is 0.135. The Bertz CT molecular complexity index is 599. The summed E-state index contributed by atoms with van der Waals surface area (Å²) in [5, 5.41) is 19.2. The van der Waals surface area contributed by atoms with Crippen LogP contribution in [0.3, 0.4) is 0 Å². The zero-order chi connectivity index (χ0) is 16.7. The highest BCUT2D eigenvalue weighted by Gasteiger charge is 2.12. The summed E-state index contributed by atoms with van der Waals surface area (Å²) in [5.41, 5.74) is 1.80. The minimum Gasteiger partial charge on any atom is -0.494 e. The maximum atomic E-state index is 11.9. The van der Waals surface area contributed by atoms with E-state index in [-0.39, 0.29) is 18.6 Å². The molecule has 0 aliphatic carbocycles. The molecule has 2 atom stereocenters. The summed E-state index contributed by atoms with van der Waals surface area (Å²) in [6.45, 7) is 4.65. The number of benzene rings is 1. The molecule has 6 heteroatoms. The molecule has 0 saturated carbocycles. The first-order chi connectivity index (χ1) is 11.1. The van der Waals surface area contributed by atoms with Gasteiger partial charge in [-0.1, -0.05) is 12.1 Å². The summed E-state index contributed by atoms with van der Waals surface area (Å²) < 4.78 is 5.40. The number of carbonyl (C=O) groups excluding carboxylic acids is 1. The van der Waals surface area contributed by atoms with Gasteiger partial charge in [0.15, 0.2) is 0 Å². The Kier molecular flexibility index (Phi) is 6.43. The van der Waals surface area contributed by atoms with Gasteiger partial charge < -0.3 is 20.5 Å². The molecule has 0 bridgehead atoms. The van der Waals surface area contributed by atoms with Crippen molar-refractivity contribution in [3.63, 3.8) is 0 Å². The second kappa shape index (κ2) is 8.55. The SMILES string of the molecule is CCOc1ccc([C@@H](C)NC(=O)NC[C@@H](O)c2ccsc2)cc1. The normalized spacial score (nSPS) is 13.2. The third kappa shape index (κ3) is 5.26. The number of thiophene rings is 1. The Morgan fingerprint density at radius 2 is 2.00 bits per heavy atom. The van der Waals surface area contributed by atoms with E-state index in [1.165, 1.54) is 11.3 Å². The predicted molar refractivity (Wildman–Crippen MR) is 91.8 cm³/mol. The fourth-order valence-electron chi connectivity index (χ4n) is 2.12. The van der Waals surface area contributed by atoms with Crippen LogP contribution in [0, 0.1) is 0 Å². The fourth-order valence-corrected chi connectivity index (χ4v) is 2.83. The van der Waals surface area contributed by atoms with Crippen molar-refractivity contribution in [2.24, 2.45) is 0 Å². The molecule has 0 aliphatic heterocycles. The number of amides is 2. The van der Waals surface area contributed by atoms with E-state index in [0.717, 1.165) is 16.9 Å². The number of hydrogen-bond donors (Lipinski definition) is 3. The van der Waals surface area contributed by atoms with E-state index in [9.17, 15) is 9.90 Å². The zero-order valence-electron chi connectivity index (χ0n) is 13.3. The Labute approximate surface area is 140 Å². The number of urea groups is 1. The third-order valence-electron chi connectivity index (χ3n) is 3.42. The second-order valence-electron chi connectivity index (χ2n) is 5.15. The monoisotopic (exact) mass is 334 g/mol. The van der Waals surface area contributed by atoms with Crippen LogP contribution in [-0.4, -0.2) is 24.3 Å². The number of ether oxygens (including phenoxy) is 1. The van der Waals surface area contributed by atoms with Crippen LogP contribution in [0.1, 0.15) is 37.1 Å². The van der Waals surface area contributed by atoms with Gasteiger partial charge in [-0.15, -0.1) is 0 Å². The van der Waals surface area contributed by atoms with Crippen molar-refractivity contribution in [1.29, 1.82) is 0 Å². The zero-order valence-corrected chi connectivity index (χ0v) is 14.1. The minimum atomic E-state index is -0.687. The lowest BCUT2D eigenvalue weighted by atomic mass is 10.1. The van der Waals surface area contributed by atoms with Crippen LogP contribution in [0.4, 0.5) is 4.79 Å². The Hall–Kier alpha value is -2.05. The largest absolute Gasteiger partial charge is 0.494 e. The third-order valence-corrected chi connectivity index (χ3v) is 4.12. The Morgan fingerprint density at radius 3 is 2.61 bits per heavy atom. The van der Waals surface area contributed by atoms with Crippen molar-refractivity contribution in [2.75, 3.05) is 13.2 Å². The van der Waals surface area contributed by atoms with Gasteiger partial charge in [0.05, 0.1) is 18.8 Å². The average Bonchev–Trinajstić information content (AvgIpc) is 3.08. The summed E-state index contributed by atoms with van der Waals surface area (Å²) in [4.78, 5) is 11.9. The molecular weight excluding hydrogens is 312 g/mol. The molecule has 1 aromatic heterocycles. The van der Waals surface area contributed by atoms with Gasteiger partial charge in [-0.05, 0) is 53.9 Å². The number of carbonyl (C=O) groups is 1. The van der Waals surface area contributed by atoms with E-state index in [2.05, 4.69) is 10.6 Å². The van der Waals surface area contributed by atoms with Crippen molar-refractivity contribution in [3.8, 4) is 5.75 Å². The molecule has 1 aromatic carbocycles. The summed E-state index contributed by atoms with van der Waals surface area (Å²) in [5.74, 6) is 0.812. The van der Waals surface area contributed by atoms with Gasteiger partial charge in [0.25, 0.3) is 0 Å². The molecule has 5 nitrogen and oxygen atoms in total. The standard InChI is InChI=1S/C17H22N2O3S/c1-3-22-15-6-4-13(5-7-15)12(2)19-17(21)18-10-16(20)14-8-9-23-11-14/h4-9,11-12,16,20H,3,10H2,1-2H3,(H2,18,19,21)/t12-,16-/m1/s1. The molecular formula is C17H22N2O3S. The van der Waals surface area contributed by atoms with E-state index < -0.39 is 6.10 Å². The first kappa shape index (κ1) is 17.3. The van der Waals surface area contributed by atoms with Crippen LogP contribution in [0.25, 0.3) is 0 Å². The number of aliphatic hydroxyl groups excluding tert-OH is 1. The highest BCUT2D eigenvalue weighted by molar-refractivity contribution is 7.07. The van der Waals surface area contributed by atoms with E-state index >= 15 is 0 Å². The average molecular weight is 334 g/mol. The van der Waals surface area contributed by atoms with Gasteiger partial charge in [0.1, 0.15) is 5.75 Å². The molecule has 23 heavy (non-hydrogen) atoms. The van der Waals surface area contributed by atoms with E-state index in [1.807, 2.05) is 54.9 Å². The summed E-state index contributed by atoms with van der Waals surface area (Å²) in [6, 6.07) is 9.03. The topological polar surface area (TPSA) is 70.6 Å².